The lowest BCUT2D eigenvalue weighted by Gasteiger charge is -2.16. The third-order valence-corrected chi connectivity index (χ3v) is 3.30. The zero-order chi connectivity index (χ0) is 14.5. The molecule has 2 rings (SSSR count). The molecule has 2 unspecified atom stereocenters. The van der Waals surface area contributed by atoms with E-state index in [0.717, 1.165) is 13.0 Å². The molecule has 5 nitrogen and oxygen atoms in total. The van der Waals surface area contributed by atoms with Gasteiger partial charge in [-0.3, -0.25) is 4.79 Å². The fourth-order valence-corrected chi connectivity index (χ4v) is 2.10. The number of nitrogens with one attached hydrogen (secondary N) is 1. The smallest absolute Gasteiger partial charge is 0.239 e. The third-order valence-electron chi connectivity index (χ3n) is 3.30. The number of hydrogen-bond donors (Lipinski definition) is 2. The van der Waals surface area contributed by atoms with E-state index >= 15 is 0 Å². The topological polar surface area (TPSA) is 61.8 Å². The molecule has 0 spiro atoms. The van der Waals surface area contributed by atoms with E-state index in [-0.39, 0.29) is 30.9 Å². The van der Waals surface area contributed by atoms with Crippen LogP contribution in [0.15, 0.2) is 24.3 Å². The number of benzene rings is 1. The number of para-hydroxylation sites is 1. The van der Waals surface area contributed by atoms with Gasteiger partial charge in [0.15, 0.2) is 11.6 Å². The number of ether oxygens (including phenoxy) is 1. The molecule has 0 aromatic heterocycles. The Kier molecular flexibility index (Phi) is 4.92. The fraction of sp³-hybridized carbons (Fsp3) is 0.500. The van der Waals surface area contributed by atoms with Gasteiger partial charge in [0.25, 0.3) is 0 Å². The highest BCUT2D eigenvalue weighted by Crippen LogP contribution is 2.15. The minimum atomic E-state index is -0.798. The number of aliphatic hydroxyl groups is 1. The minimum Gasteiger partial charge on any atom is -0.488 e. The number of aliphatic hydroxyl groups excluding tert-OH is 1. The van der Waals surface area contributed by atoms with E-state index < -0.39 is 11.9 Å². The lowest BCUT2D eigenvalue weighted by molar-refractivity contribution is -0.128. The summed E-state index contributed by atoms with van der Waals surface area (Å²) in [6.45, 7) is 0.932. The first kappa shape index (κ1) is 14.7. The van der Waals surface area contributed by atoms with E-state index in [1.54, 1.807) is 24.1 Å². The van der Waals surface area contributed by atoms with Gasteiger partial charge in [-0.15, -0.1) is 0 Å². The Bertz CT molecular complexity index is 469. The van der Waals surface area contributed by atoms with Crippen LogP contribution in [0.4, 0.5) is 4.39 Å². The number of carbonyl (C=O) groups excluding carboxylic acids is 1. The molecule has 2 N–H and O–H groups in total. The Morgan fingerprint density at radius 2 is 2.30 bits per heavy atom. The van der Waals surface area contributed by atoms with Crippen molar-refractivity contribution in [2.45, 2.75) is 18.6 Å². The number of rotatable bonds is 6. The maximum absolute atomic E-state index is 13.3. The Balaban J connectivity index is 1.72. The molecule has 1 aliphatic heterocycles. The van der Waals surface area contributed by atoms with Gasteiger partial charge < -0.3 is 20.1 Å². The van der Waals surface area contributed by atoms with Gasteiger partial charge in [-0.2, -0.15) is 0 Å². The van der Waals surface area contributed by atoms with Crippen LogP contribution in [0, 0.1) is 5.82 Å². The maximum Gasteiger partial charge on any atom is 0.239 e. The number of amides is 1. The summed E-state index contributed by atoms with van der Waals surface area (Å²) < 4.78 is 18.5. The third kappa shape index (κ3) is 3.68. The number of nitrogens with zero attached hydrogens (tertiary/aromatic N) is 1. The summed E-state index contributed by atoms with van der Waals surface area (Å²) in [5, 5.41) is 12.8. The van der Waals surface area contributed by atoms with Crippen molar-refractivity contribution < 1.29 is 19.0 Å². The Morgan fingerprint density at radius 1 is 1.55 bits per heavy atom. The molecule has 1 fully saturated rings. The fourth-order valence-electron chi connectivity index (χ4n) is 2.10. The first-order valence-corrected chi connectivity index (χ1v) is 6.61. The van der Waals surface area contributed by atoms with Crippen molar-refractivity contribution >= 4 is 5.91 Å². The van der Waals surface area contributed by atoms with E-state index in [2.05, 4.69) is 5.32 Å². The highest BCUT2D eigenvalue weighted by atomic mass is 19.1. The molecule has 20 heavy (non-hydrogen) atoms. The van der Waals surface area contributed by atoms with Gasteiger partial charge in [-0.25, -0.2) is 4.39 Å². The van der Waals surface area contributed by atoms with Crippen molar-refractivity contribution in [1.82, 2.24) is 10.2 Å². The van der Waals surface area contributed by atoms with Crippen LogP contribution in [0.3, 0.4) is 0 Å². The summed E-state index contributed by atoms with van der Waals surface area (Å²) in [6, 6.07) is 5.79. The second-order valence-corrected chi connectivity index (χ2v) is 4.90. The first-order chi connectivity index (χ1) is 9.58. The van der Waals surface area contributed by atoms with E-state index in [0.29, 0.717) is 0 Å². The molecule has 0 radical (unpaired) electrons. The maximum atomic E-state index is 13.3. The summed E-state index contributed by atoms with van der Waals surface area (Å²) in [5.74, 6) is -0.310. The molecule has 0 saturated carbocycles. The summed E-state index contributed by atoms with van der Waals surface area (Å²) in [6.07, 6.45) is -0.0655. The van der Waals surface area contributed by atoms with Gasteiger partial charge >= 0.3 is 0 Å². The van der Waals surface area contributed by atoms with Gasteiger partial charge in [0, 0.05) is 20.1 Å². The van der Waals surface area contributed by atoms with Crippen molar-refractivity contribution in [1.29, 1.82) is 0 Å². The van der Waals surface area contributed by atoms with Crippen LogP contribution in [0.25, 0.3) is 0 Å². The van der Waals surface area contributed by atoms with Gasteiger partial charge in [0.1, 0.15) is 12.7 Å². The molecule has 0 aliphatic carbocycles. The summed E-state index contributed by atoms with van der Waals surface area (Å²) in [7, 11) is 1.75. The van der Waals surface area contributed by atoms with Crippen molar-refractivity contribution in [3.05, 3.63) is 30.1 Å². The van der Waals surface area contributed by atoms with Crippen molar-refractivity contribution in [3.8, 4) is 5.75 Å². The highest BCUT2D eigenvalue weighted by Gasteiger charge is 2.28. The quantitative estimate of drug-likeness (QED) is 0.792. The number of carbonyl (C=O) groups is 1. The minimum absolute atomic E-state index is 0.0231. The molecule has 1 amide bonds. The van der Waals surface area contributed by atoms with Gasteiger partial charge in [0.05, 0.1) is 6.04 Å². The largest absolute Gasteiger partial charge is 0.488 e. The second-order valence-electron chi connectivity index (χ2n) is 4.90. The Hall–Kier alpha value is -1.66. The predicted octanol–water partition coefficient (Wildman–Crippen LogP) is 0.386. The van der Waals surface area contributed by atoms with E-state index in [1.807, 2.05) is 0 Å². The van der Waals surface area contributed by atoms with Crippen LogP contribution in [0.5, 0.6) is 5.75 Å². The molecule has 1 aliphatic rings. The summed E-state index contributed by atoms with van der Waals surface area (Å²) in [5.41, 5.74) is 0. The Labute approximate surface area is 117 Å². The van der Waals surface area contributed by atoms with Gasteiger partial charge in [-0.1, -0.05) is 12.1 Å². The lowest BCUT2D eigenvalue weighted by atomic mass is 10.2. The van der Waals surface area contributed by atoms with Crippen LogP contribution in [0.2, 0.25) is 0 Å². The molecule has 2 atom stereocenters. The molecular formula is C14H19FN2O3. The summed E-state index contributed by atoms with van der Waals surface area (Å²) in [4.78, 5) is 13.3. The van der Waals surface area contributed by atoms with E-state index in [9.17, 15) is 14.3 Å². The van der Waals surface area contributed by atoms with Crippen molar-refractivity contribution in [3.63, 3.8) is 0 Å². The van der Waals surface area contributed by atoms with E-state index in [4.69, 9.17) is 4.74 Å². The normalized spacial score (nSPS) is 20.2. The van der Waals surface area contributed by atoms with Crippen LogP contribution < -0.4 is 10.1 Å². The van der Waals surface area contributed by atoms with Crippen LogP contribution in [-0.4, -0.2) is 54.8 Å². The molecule has 110 valence electrons. The van der Waals surface area contributed by atoms with Crippen molar-refractivity contribution in [2.75, 3.05) is 26.7 Å². The second kappa shape index (κ2) is 6.67. The predicted molar refractivity (Wildman–Crippen MR) is 71.9 cm³/mol. The molecule has 1 aromatic rings. The van der Waals surface area contributed by atoms with Gasteiger partial charge in [0.2, 0.25) is 5.91 Å². The monoisotopic (exact) mass is 282 g/mol. The van der Waals surface area contributed by atoms with E-state index in [1.165, 1.54) is 12.1 Å². The summed E-state index contributed by atoms with van der Waals surface area (Å²) >= 11 is 0. The average molecular weight is 282 g/mol. The molecule has 0 bridgehead atoms. The molecular weight excluding hydrogens is 263 g/mol. The zero-order valence-electron chi connectivity index (χ0n) is 11.4. The van der Waals surface area contributed by atoms with Crippen LogP contribution >= 0.6 is 0 Å². The highest BCUT2D eigenvalue weighted by molar-refractivity contribution is 5.83. The molecule has 1 aromatic carbocycles. The number of halogens is 1. The SMILES string of the molecule is CN1CCC(NCC(O)COc2ccccc2F)C1=O. The number of hydrogen-bond acceptors (Lipinski definition) is 4. The first-order valence-electron chi connectivity index (χ1n) is 6.61. The zero-order valence-corrected chi connectivity index (χ0v) is 11.4. The average Bonchev–Trinajstić information content (AvgIpc) is 2.76. The number of likely N-dealkylation sites (tertiary alicyclic amines) is 1. The Morgan fingerprint density at radius 3 is 2.95 bits per heavy atom. The van der Waals surface area contributed by atoms with Gasteiger partial charge in [-0.05, 0) is 18.6 Å². The van der Waals surface area contributed by atoms with Crippen molar-refractivity contribution in [2.24, 2.45) is 0 Å². The lowest BCUT2D eigenvalue weighted by Crippen LogP contribution is -2.42. The number of likely N-dealkylation sites (N-methyl/N-ethyl adjacent to an activating group) is 1. The molecule has 1 heterocycles. The van der Waals surface area contributed by atoms with Crippen LogP contribution in [0.1, 0.15) is 6.42 Å². The van der Waals surface area contributed by atoms with Crippen LogP contribution in [-0.2, 0) is 4.79 Å². The standard InChI is InChI=1S/C14H19FN2O3/c1-17-7-6-12(14(17)19)16-8-10(18)9-20-13-5-3-2-4-11(13)15/h2-5,10,12,16,18H,6-9H2,1H3. The molecule has 6 heteroatoms. The molecule has 1 saturated heterocycles.